The lowest BCUT2D eigenvalue weighted by Crippen LogP contribution is -2.42. The maximum absolute atomic E-state index is 14.3. The van der Waals surface area contributed by atoms with E-state index in [0.717, 1.165) is 6.07 Å². The third-order valence-corrected chi connectivity index (χ3v) is 6.89. The lowest BCUT2D eigenvalue weighted by molar-refractivity contribution is -0.276. The SMILES string of the molecule is O=C(CCC(=O)c1ccc(/C=C/C2=NOC(c3cc(Cl)cc(C(F)(F)F)c3)(C(F)(F)F)C2)c2ccccc12)NCC(F)(F)F. The predicted molar refractivity (Wildman–Crippen MR) is 143 cm³/mol. The number of benzene rings is 3. The number of oxime groups is 1. The number of nitrogens with one attached hydrogen (secondary N) is 1. The highest BCUT2D eigenvalue weighted by molar-refractivity contribution is 6.30. The fourth-order valence-electron chi connectivity index (χ4n) is 4.55. The number of carbonyl (C=O) groups is 2. The molecule has 3 aromatic carbocycles. The molecule has 5 nitrogen and oxygen atoms in total. The normalized spacial score (nSPS) is 17.5. The number of nitrogens with zero attached hydrogens (tertiary/aromatic N) is 1. The zero-order valence-electron chi connectivity index (χ0n) is 22.1. The summed E-state index contributed by atoms with van der Waals surface area (Å²) < 4.78 is 120. The summed E-state index contributed by atoms with van der Waals surface area (Å²) in [5.41, 5.74) is -5.15. The van der Waals surface area contributed by atoms with Crippen molar-refractivity contribution in [3.63, 3.8) is 0 Å². The van der Waals surface area contributed by atoms with E-state index < -0.39 is 71.4 Å². The van der Waals surface area contributed by atoms with Gasteiger partial charge in [-0.15, -0.1) is 0 Å². The molecule has 0 saturated carbocycles. The van der Waals surface area contributed by atoms with Crippen LogP contribution in [-0.2, 0) is 21.4 Å². The molecule has 0 fully saturated rings. The molecule has 44 heavy (non-hydrogen) atoms. The van der Waals surface area contributed by atoms with Crippen LogP contribution in [0.25, 0.3) is 16.8 Å². The molecule has 0 radical (unpaired) electrons. The zero-order valence-corrected chi connectivity index (χ0v) is 22.9. The number of halogens is 10. The summed E-state index contributed by atoms with van der Waals surface area (Å²) in [6, 6.07) is 10.8. The molecule has 0 spiro atoms. The molecule has 3 aromatic rings. The first-order valence-electron chi connectivity index (χ1n) is 12.7. The van der Waals surface area contributed by atoms with Gasteiger partial charge in [0.1, 0.15) is 6.54 Å². The molecule has 1 aliphatic rings. The van der Waals surface area contributed by atoms with Crippen molar-refractivity contribution in [2.45, 2.75) is 43.4 Å². The Labute approximate surface area is 248 Å². The Morgan fingerprint density at radius 2 is 1.59 bits per heavy atom. The number of Topliss-reactive ketones (excluding diaryl/α,β-unsaturated/α-hetero) is 1. The van der Waals surface area contributed by atoms with E-state index in [1.54, 1.807) is 29.6 Å². The number of hydrogen-bond acceptors (Lipinski definition) is 4. The van der Waals surface area contributed by atoms with Crippen molar-refractivity contribution in [1.29, 1.82) is 0 Å². The van der Waals surface area contributed by atoms with E-state index in [4.69, 9.17) is 16.4 Å². The standard InChI is InChI=1S/C29H20ClF9N2O3/c30-19-12-17(11-18(13-19)28(34,35)36)26(29(37,38)39)14-20(41-44-26)7-5-16-6-8-23(22-4-2-1-3-21(16)22)24(42)9-10-25(43)40-15-27(31,32)33/h1-8,11-13H,9-10,14-15H2,(H,40,43)/b7-5+. The minimum absolute atomic E-state index is 0.167. The van der Waals surface area contributed by atoms with Crippen molar-refractivity contribution in [3.8, 4) is 0 Å². The number of rotatable bonds is 8. The van der Waals surface area contributed by atoms with E-state index in [0.29, 0.717) is 28.5 Å². The second-order valence-corrected chi connectivity index (χ2v) is 10.2. The predicted octanol–water partition coefficient (Wildman–Crippen LogP) is 8.40. The van der Waals surface area contributed by atoms with Crippen LogP contribution in [0.3, 0.4) is 0 Å². The van der Waals surface area contributed by atoms with Crippen LogP contribution in [0.4, 0.5) is 39.5 Å². The Kier molecular flexibility index (Phi) is 9.06. The fraction of sp³-hybridized carbons (Fsp3) is 0.276. The number of amides is 1. The van der Waals surface area contributed by atoms with E-state index in [2.05, 4.69) is 5.16 Å². The first kappa shape index (κ1) is 32.8. The van der Waals surface area contributed by atoms with Crippen molar-refractivity contribution in [2.24, 2.45) is 5.16 Å². The van der Waals surface area contributed by atoms with Crippen molar-refractivity contribution in [1.82, 2.24) is 5.32 Å². The highest BCUT2D eigenvalue weighted by atomic mass is 35.5. The van der Waals surface area contributed by atoms with Crippen LogP contribution in [0.5, 0.6) is 0 Å². The molecule has 15 heteroatoms. The minimum atomic E-state index is -5.18. The topological polar surface area (TPSA) is 67.8 Å². The van der Waals surface area contributed by atoms with Gasteiger partial charge in [0.2, 0.25) is 5.91 Å². The van der Waals surface area contributed by atoms with E-state index in [1.165, 1.54) is 24.3 Å². The number of fused-ring (bicyclic) bond motifs is 1. The van der Waals surface area contributed by atoms with Gasteiger partial charge in [-0.1, -0.05) is 59.2 Å². The Morgan fingerprint density at radius 1 is 0.909 bits per heavy atom. The molecule has 0 bridgehead atoms. The molecule has 0 aliphatic carbocycles. The average molecular weight is 651 g/mol. The largest absolute Gasteiger partial charge is 0.435 e. The van der Waals surface area contributed by atoms with Crippen LogP contribution in [0.2, 0.25) is 5.02 Å². The first-order valence-corrected chi connectivity index (χ1v) is 13.0. The van der Waals surface area contributed by atoms with E-state index in [1.807, 2.05) is 0 Å². The smallest absolute Gasteiger partial charge is 0.374 e. The Morgan fingerprint density at radius 3 is 2.23 bits per heavy atom. The van der Waals surface area contributed by atoms with Crippen LogP contribution >= 0.6 is 11.6 Å². The minimum Gasteiger partial charge on any atom is -0.374 e. The van der Waals surface area contributed by atoms with Gasteiger partial charge >= 0.3 is 18.5 Å². The summed E-state index contributed by atoms with van der Waals surface area (Å²) in [6.45, 7) is -1.53. The second kappa shape index (κ2) is 12.1. The van der Waals surface area contributed by atoms with Gasteiger partial charge in [0.05, 0.1) is 11.3 Å². The van der Waals surface area contributed by atoms with Gasteiger partial charge in [-0.2, -0.15) is 39.5 Å². The van der Waals surface area contributed by atoms with Gasteiger partial charge in [0.25, 0.3) is 5.60 Å². The highest BCUT2D eigenvalue weighted by Crippen LogP contribution is 2.49. The van der Waals surface area contributed by atoms with Crippen LogP contribution in [0.1, 0.15) is 46.3 Å². The molecule has 1 aliphatic heterocycles. The third-order valence-electron chi connectivity index (χ3n) is 6.68. The van der Waals surface area contributed by atoms with Crippen molar-refractivity contribution >= 4 is 45.9 Å². The number of allylic oxidation sites excluding steroid dienone is 1. The molecule has 0 aromatic heterocycles. The second-order valence-electron chi connectivity index (χ2n) is 9.80. The monoisotopic (exact) mass is 650 g/mol. The summed E-state index contributed by atoms with van der Waals surface area (Å²) in [7, 11) is 0. The van der Waals surface area contributed by atoms with E-state index in [9.17, 15) is 49.1 Å². The Balaban J connectivity index is 1.56. The summed E-state index contributed by atoms with van der Waals surface area (Å²) in [4.78, 5) is 29.3. The van der Waals surface area contributed by atoms with Gasteiger partial charge in [-0.3, -0.25) is 9.59 Å². The lowest BCUT2D eigenvalue weighted by Gasteiger charge is -2.30. The number of ketones is 1. The van der Waals surface area contributed by atoms with Crippen molar-refractivity contribution < 1.29 is 53.9 Å². The van der Waals surface area contributed by atoms with E-state index >= 15 is 0 Å². The number of alkyl halides is 9. The first-order chi connectivity index (χ1) is 20.4. The van der Waals surface area contributed by atoms with Crippen LogP contribution in [0.15, 0.2) is 65.8 Å². The fourth-order valence-corrected chi connectivity index (χ4v) is 4.78. The Hall–Kier alpha value is -4.07. The zero-order chi connectivity index (χ0) is 32.5. The van der Waals surface area contributed by atoms with Crippen LogP contribution < -0.4 is 5.32 Å². The number of hydrogen-bond donors (Lipinski definition) is 1. The third kappa shape index (κ3) is 7.34. The van der Waals surface area contributed by atoms with Crippen molar-refractivity contribution in [2.75, 3.05) is 6.54 Å². The van der Waals surface area contributed by atoms with Crippen molar-refractivity contribution in [3.05, 3.63) is 87.9 Å². The van der Waals surface area contributed by atoms with Gasteiger partial charge < -0.3 is 10.2 Å². The molecule has 1 amide bonds. The summed E-state index contributed by atoms with van der Waals surface area (Å²) in [5, 5.41) is 5.48. The molecule has 1 N–H and O–H groups in total. The molecule has 234 valence electrons. The number of carbonyl (C=O) groups excluding carboxylic acids is 2. The van der Waals surface area contributed by atoms with Crippen LogP contribution in [-0.4, -0.2) is 36.3 Å². The average Bonchev–Trinajstić information content (AvgIpc) is 3.38. The summed E-state index contributed by atoms with van der Waals surface area (Å²) in [5.74, 6) is -1.48. The molecule has 1 atom stereocenters. The molecular weight excluding hydrogens is 631 g/mol. The van der Waals surface area contributed by atoms with Gasteiger partial charge in [0, 0.05) is 35.4 Å². The summed E-state index contributed by atoms with van der Waals surface area (Å²) >= 11 is 5.72. The van der Waals surface area contributed by atoms with Gasteiger partial charge in [0.15, 0.2) is 5.78 Å². The molecule has 4 rings (SSSR count). The van der Waals surface area contributed by atoms with Crippen LogP contribution in [0, 0.1) is 0 Å². The van der Waals surface area contributed by atoms with Gasteiger partial charge in [-0.05, 0) is 40.6 Å². The highest BCUT2D eigenvalue weighted by Gasteiger charge is 2.62. The molecular formula is C29H20ClF9N2O3. The lowest BCUT2D eigenvalue weighted by atomic mass is 9.87. The maximum atomic E-state index is 14.3. The Bertz CT molecular complexity index is 1650. The molecule has 0 saturated heterocycles. The summed E-state index contributed by atoms with van der Waals surface area (Å²) in [6.07, 6.45) is -14.0. The molecule has 1 heterocycles. The quantitative estimate of drug-likeness (QED) is 0.197. The molecule has 1 unspecified atom stereocenters. The maximum Gasteiger partial charge on any atom is 0.435 e. The van der Waals surface area contributed by atoms with Gasteiger partial charge in [-0.25, -0.2) is 0 Å². The van der Waals surface area contributed by atoms with E-state index in [-0.39, 0.29) is 17.7 Å².